The summed E-state index contributed by atoms with van der Waals surface area (Å²) in [6.07, 6.45) is 8.39. The van der Waals surface area contributed by atoms with Gasteiger partial charge in [-0.1, -0.05) is 109 Å². The molecule has 0 amide bonds. The summed E-state index contributed by atoms with van der Waals surface area (Å²) >= 11 is 0. The fraction of sp³-hybridized carbons (Fsp3) is 0.0541. The van der Waals surface area contributed by atoms with Crippen LogP contribution in [0.4, 0.5) is 0 Å². The van der Waals surface area contributed by atoms with Crippen LogP contribution in [-0.4, -0.2) is 10.7 Å². The lowest BCUT2D eigenvalue weighted by Gasteiger charge is -2.29. The van der Waals surface area contributed by atoms with Crippen molar-refractivity contribution >= 4 is 27.8 Å². The number of hydrogen-bond acceptors (Lipinski definition) is 3. The number of hydrogen-bond donors (Lipinski definition) is 0. The first kappa shape index (κ1) is 22.8. The first-order chi connectivity index (χ1) is 19.8. The monoisotopic (exact) mass is 514 g/mol. The number of allylic oxidation sites excluding steroid dienone is 2. The van der Waals surface area contributed by atoms with Crippen molar-refractivity contribution in [1.29, 1.82) is 0 Å². The van der Waals surface area contributed by atoms with Crippen LogP contribution in [0.5, 0.6) is 0 Å². The predicted octanol–water partition coefficient (Wildman–Crippen LogP) is 9.50. The summed E-state index contributed by atoms with van der Waals surface area (Å²) in [5, 5.41) is 2.30. The van der Waals surface area contributed by atoms with Gasteiger partial charge in [0.25, 0.3) is 0 Å². The van der Waals surface area contributed by atoms with Gasteiger partial charge in [0.2, 0.25) is 0 Å². The highest BCUT2D eigenvalue weighted by atomic mass is 16.3. The van der Waals surface area contributed by atoms with E-state index in [1.165, 1.54) is 22.3 Å². The minimum Gasteiger partial charge on any atom is -0.455 e. The highest BCUT2D eigenvalue weighted by Gasteiger charge is 2.36. The Bertz CT molecular complexity index is 1980. The third-order valence-corrected chi connectivity index (χ3v) is 8.02. The van der Waals surface area contributed by atoms with E-state index in [2.05, 4.69) is 139 Å². The van der Waals surface area contributed by atoms with Crippen LogP contribution < -0.4 is 0 Å². The van der Waals surface area contributed by atoms with Crippen LogP contribution in [0.2, 0.25) is 0 Å². The summed E-state index contributed by atoms with van der Waals surface area (Å²) in [7, 11) is 0. The van der Waals surface area contributed by atoms with Crippen molar-refractivity contribution in [2.75, 3.05) is 0 Å². The highest BCUT2D eigenvalue weighted by Crippen LogP contribution is 2.44. The Hall–Kier alpha value is -5.15. The molecule has 2 unspecified atom stereocenters. The summed E-state index contributed by atoms with van der Waals surface area (Å²) in [6, 6.07) is 43.1. The fourth-order valence-electron chi connectivity index (χ4n) is 6.15. The van der Waals surface area contributed by atoms with Gasteiger partial charge >= 0.3 is 0 Å². The third-order valence-electron chi connectivity index (χ3n) is 8.02. The molecular weight excluding hydrogens is 488 g/mol. The van der Waals surface area contributed by atoms with E-state index in [0.717, 1.165) is 38.9 Å². The van der Waals surface area contributed by atoms with Gasteiger partial charge in [-0.3, -0.25) is 4.99 Å². The maximum Gasteiger partial charge on any atom is 0.143 e. The van der Waals surface area contributed by atoms with Crippen molar-refractivity contribution in [2.45, 2.75) is 12.1 Å². The van der Waals surface area contributed by atoms with Crippen LogP contribution in [0.3, 0.4) is 0 Å². The Morgan fingerprint density at radius 3 is 2.25 bits per heavy atom. The number of rotatable bonds is 4. The molecule has 0 bridgehead atoms. The molecule has 2 aliphatic heterocycles. The van der Waals surface area contributed by atoms with Crippen molar-refractivity contribution in [2.24, 2.45) is 4.99 Å². The molecule has 0 spiro atoms. The number of para-hydroxylation sites is 2. The SMILES string of the molecule is C1=CC2=NC(c3ccccc3)C(c3cccc(-c4cccc(-c5cccc6c5oc5ccccc56)c4)c3)N2C=C1. The Balaban J connectivity index is 1.21. The zero-order valence-electron chi connectivity index (χ0n) is 21.8. The Morgan fingerprint density at radius 2 is 1.32 bits per heavy atom. The van der Waals surface area contributed by atoms with Gasteiger partial charge in [0.1, 0.15) is 23.0 Å². The average molecular weight is 515 g/mol. The molecule has 3 heterocycles. The van der Waals surface area contributed by atoms with Crippen LogP contribution in [0.15, 0.2) is 155 Å². The van der Waals surface area contributed by atoms with E-state index >= 15 is 0 Å². The Morgan fingerprint density at radius 1 is 0.600 bits per heavy atom. The average Bonchev–Trinajstić information content (AvgIpc) is 3.61. The number of aliphatic imine (C=N–C) groups is 1. The van der Waals surface area contributed by atoms with Crippen molar-refractivity contribution in [3.05, 3.63) is 157 Å². The van der Waals surface area contributed by atoms with Gasteiger partial charge in [-0.15, -0.1) is 0 Å². The standard InChI is InChI=1S/C37H26N2O/c1-2-11-25(12-3-1)35-36(39-22-7-6-21-34(39)38-35)29-16-9-14-27(24-29)26-13-8-15-28(23-26)30-18-10-19-32-31-17-4-5-20-33(31)40-37(30)32/h1-24,35-36H. The second kappa shape index (κ2) is 9.25. The molecule has 8 rings (SSSR count). The molecule has 40 heavy (non-hydrogen) atoms. The summed E-state index contributed by atoms with van der Waals surface area (Å²) < 4.78 is 6.34. The molecule has 3 heteroatoms. The number of fused-ring (bicyclic) bond motifs is 4. The lowest BCUT2D eigenvalue weighted by Crippen LogP contribution is -2.26. The number of nitrogens with zero attached hydrogens (tertiary/aromatic N) is 2. The van der Waals surface area contributed by atoms with Crippen molar-refractivity contribution in [3.8, 4) is 22.3 Å². The van der Waals surface area contributed by atoms with Crippen LogP contribution in [-0.2, 0) is 0 Å². The quantitative estimate of drug-likeness (QED) is 0.234. The Kier molecular flexibility index (Phi) is 5.27. The molecule has 1 aromatic heterocycles. The Labute approximate surface area is 233 Å². The van der Waals surface area contributed by atoms with Gasteiger partial charge in [-0.2, -0.15) is 0 Å². The second-order valence-corrected chi connectivity index (χ2v) is 10.4. The van der Waals surface area contributed by atoms with E-state index in [1.807, 2.05) is 12.1 Å². The van der Waals surface area contributed by atoms with E-state index < -0.39 is 0 Å². The lowest BCUT2D eigenvalue weighted by atomic mass is 9.91. The highest BCUT2D eigenvalue weighted by molar-refractivity contribution is 6.09. The van der Waals surface area contributed by atoms with Gasteiger partial charge < -0.3 is 9.32 Å². The predicted molar refractivity (Wildman–Crippen MR) is 164 cm³/mol. The van der Waals surface area contributed by atoms with Gasteiger partial charge in [-0.25, -0.2) is 0 Å². The second-order valence-electron chi connectivity index (χ2n) is 10.4. The number of furan rings is 1. The van der Waals surface area contributed by atoms with E-state index in [9.17, 15) is 0 Å². The first-order valence-corrected chi connectivity index (χ1v) is 13.7. The molecule has 6 aromatic rings. The molecule has 0 fully saturated rings. The molecule has 5 aromatic carbocycles. The van der Waals surface area contributed by atoms with E-state index in [0.29, 0.717) is 0 Å². The van der Waals surface area contributed by atoms with Crippen LogP contribution >= 0.6 is 0 Å². The van der Waals surface area contributed by atoms with E-state index in [1.54, 1.807) is 0 Å². The zero-order valence-corrected chi connectivity index (χ0v) is 21.8. The first-order valence-electron chi connectivity index (χ1n) is 13.7. The van der Waals surface area contributed by atoms with Gasteiger partial charge in [0, 0.05) is 22.5 Å². The minimum atomic E-state index is 0.0240. The maximum atomic E-state index is 6.34. The largest absolute Gasteiger partial charge is 0.455 e. The molecular formula is C37H26N2O. The van der Waals surface area contributed by atoms with Crippen molar-refractivity contribution in [1.82, 2.24) is 4.90 Å². The maximum absolute atomic E-state index is 6.34. The molecule has 3 nitrogen and oxygen atoms in total. The molecule has 0 radical (unpaired) electrons. The molecule has 2 aliphatic rings. The third kappa shape index (κ3) is 3.70. The van der Waals surface area contributed by atoms with Crippen LogP contribution in [0.1, 0.15) is 23.2 Å². The molecule has 0 saturated carbocycles. The van der Waals surface area contributed by atoms with Crippen molar-refractivity contribution < 1.29 is 4.42 Å². The summed E-state index contributed by atoms with van der Waals surface area (Å²) in [6.45, 7) is 0. The number of amidine groups is 1. The molecule has 0 N–H and O–H groups in total. The summed E-state index contributed by atoms with van der Waals surface area (Å²) in [5.41, 5.74) is 8.94. The normalized spacial score (nSPS) is 17.9. The fourth-order valence-corrected chi connectivity index (χ4v) is 6.15. The molecule has 0 saturated heterocycles. The van der Waals surface area contributed by atoms with Gasteiger partial charge in [0.15, 0.2) is 0 Å². The van der Waals surface area contributed by atoms with E-state index in [4.69, 9.17) is 9.41 Å². The lowest BCUT2D eigenvalue weighted by molar-refractivity contribution is 0.396. The smallest absolute Gasteiger partial charge is 0.143 e. The zero-order chi connectivity index (χ0) is 26.5. The van der Waals surface area contributed by atoms with Crippen molar-refractivity contribution in [3.63, 3.8) is 0 Å². The van der Waals surface area contributed by atoms with Crippen LogP contribution in [0, 0.1) is 0 Å². The topological polar surface area (TPSA) is 28.7 Å². The van der Waals surface area contributed by atoms with Gasteiger partial charge in [0.05, 0.1) is 6.04 Å². The minimum absolute atomic E-state index is 0.0240. The molecule has 190 valence electrons. The number of benzene rings is 5. The summed E-state index contributed by atoms with van der Waals surface area (Å²) in [4.78, 5) is 7.44. The summed E-state index contributed by atoms with van der Waals surface area (Å²) in [5.74, 6) is 1.01. The molecule has 2 atom stereocenters. The van der Waals surface area contributed by atoms with Crippen LogP contribution in [0.25, 0.3) is 44.2 Å². The van der Waals surface area contributed by atoms with Gasteiger partial charge in [-0.05, 0) is 58.2 Å². The molecule has 0 aliphatic carbocycles. The van der Waals surface area contributed by atoms with E-state index in [-0.39, 0.29) is 12.1 Å².